The van der Waals surface area contributed by atoms with E-state index >= 15 is 0 Å². The van der Waals surface area contributed by atoms with E-state index in [1.54, 1.807) is 0 Å². The highest BCUT2D eigenvalue weighted by atomic mass is 32.2. The van der Waals surface area contributed by atoms with E-state index in [0.29, 0.717) is 0 Å². The van der Waals surface area contributed by atoms with Gasteiger partial charge in [0.1, 0.15) is 11.9 Å². The first-order valence-corrected chi connectivity index (χ1v) is 2.54. The van der Waals surface area contributed by atoms with Gasteiger partial charge < -0.3 is 5.21 Å². The molecule has 0 heterocycles. The van der Waals surface area contributed by atoms with Crippen molar-refractivity contribution in [3.63, 3.8) is 0 Å². The van der Waals surface area contributed by atoms with Crippen LogP contribution in [0, 0.1) is 5.21 Å². The lowest BCUT2D eigenvalue weighted by Gasteiger charge is -2.10. The van der Waals surface area contributed by atoms with Gasteiger partial charge >= 0.3 is 0 Å². The molecule has 0 spiro atoms. The zero-order valence-electron chi connectivity index (χ0n) is 4.01. The molecule has 0 aromatic rings. The second-order valence-electron chi connectivity index (χ2n) is 0.739. The van der Waals surface area contributed by atoms with E-state index < -0.39 is 0 Å². The lowest BCUT2D eigenvalue weighted by atomic mass is 11.3. The minimum Gasteiger partial charge on any atom is -0.588 e. The molecule has 0 bridgehead atoms. The van der Waals surface area contributed by atoms with Gasteiger partial charge in [0.2, 0.25) is 0 Å². The topological polar surface area (TPSA) is 36.7 Å². The summed E-state index contributed by atoms with van der Waals surface area (Å²) in [6.07, 6.45) is 0. The maximum Gasteiger partial charge on any atom is 0.138 e. The van der Waals surface area contributed by atoms with Crippen LogP contribution >= 0.6 is 11.9 Å². The van der Waals surface area contributed by atoms with Crippen LogP contribution in [-0.2, 0) is 4.84 Å². The molecule has 0 saturated heterocycles. The minimum atomic E-state index is -0.324. The molecule has 0 rings (SSSR count). The second-order valence-corrected chi connectivity index (χ2v) is 1.64. The third kappa shape index (κ3) is 3.81. The molecule has 0 radical (unpaired) electrons. The number of quaternary nitrogens is 1. The van der Waals surface area contributed by atoms with Crippen LogP contribution in [0.1, 0.15) is 0 Å². The Balaban J connectivity index is 2.98. The molecule has 1 N–H and O–H groups in total. The number of nitrogens with one attached hydrogen (secondary N) is 1. The molecule has 0 aliphatic carbocycles. The Morgan fingerprint density at radius 1 is 2.00 bits per heavy atom. The van der Waals surface area contributed by atoms with Crippen molar-refractivity contribution in [1.29, 1.82) is 0 Å². The fourth-order valence-electron chi connectivity index (χ4n) is 0.116. The Labute approximate surface area is 46.6 Å². The number of hydrogen-bond donors (Lipinski definition) is 1. The van der Waals surface area contributed by atoms with Gasteiger partial charge in [0.15, 0.2) is 0 Å². The molecule has 3 nitrogen and oxygen atoms in total. The van der Waals surface area contributed by atoms with Crippen LogP contribution in [0.3, 0.4) is 0 Å². The molecule has 0 aromatic carbocycles. The largest absolute Gasteiger partial charge is 0.588 e. The van der Waals surface area contributed by atoms with E-state index in [1.807, 2.05) is 0 Å². The van der Waals surface area contributed by atoms with Crippen molar-refractivity contribution in [3.8, 4) is 0 Å². The normalized spacial score (nSPS) is 13.4. The first kappa shape index (κ1) is 6.97. The first-order chi connectivity index (χ1) is 3.31. The maximum absolute atomic E-state index is 10.1. The van der Waals surface area contributed by atoms with Gasteiger partial charge in [-0.3, -0.25) is 0 Å². The summed E-state index contributed by atoms with van der Waals surface area (Å²) in [5.74, 6) is 0. The van der Waals surface area contributed by atoms with Crippen LogP contribution in [0.4, 0.5) is 0 Å². The lowest BCUT2D eigenvalue weighted by molar-refractivity contribution is -0.927. The van der Waals surface area contributed by atoms with Crippen molar-refractivity contribution >= 4 is 11.9 Å². The van der Waals surface area contributed by atoms with Crippen molar-refractivity contribution in [2.45, 2.75) is 0 Å². The molecular weight excluding hydrogens is 114 g/mol. The highest BCUT2D eigenvalue weighted by molar-refractivity contribution is 7.95. The lowest BCUT2D eigenvalue weighted by Crippen LogP contribution is -2.98. The second kappa shape index (κ2) is 4.14. The first-order valence-electron chi connectivity index (χ1n) is 1.66. The van der Waals surface area contributed by atoms with Crippen LogP contribution in [0.5, 0.6) is 0 Å². The summed E-state index contributed by atoms with van der Waals surface area (Å²) in [5.41, 5.74) is 0. The predicted molar refractivity (Wildman–Crippen MR) is 29.1 cm³/mol. The molecule has 0 amide bonds. The number of hydrogen-bond acceptors (Lipinski definition) is 3. The van der Waals surface area contributed by atoms with Crippen molar-refractivity contribution in [2.24, 2.45) is 0 Å². The molecule has 0 aliphatic rings. The monoisotopic (exact) mass is 121 g/mol. The van der Waals surface area contributed by atoms with Crippen LogP contribution in [0.2, 0.25) is 0 Å². The molecule has 1 atom stereocenters. The summed E-state index contributed by atoms with van der Waals surface area (Å²) in [5, 5.41) is 11.5. The predicted octanol–water partition coefficient (Wildman–Crippen LogP) is -0.278. The van der Waals surface area contributed by atoms with E-state index in [4.69, 9.17) is 0 Å². The van der Waals surface area contributed by atoms with Crippen molar-refractivity contribution in [3.05, 3.63) is 17.2 Å². The van der Waals surface area contributed by atoms with Gasteiger partial charge in [-0.1, -0.05) is 6.58 Å². The van der Waals surface area contributed by atoms with Gasteiger partial charge in [-0.2, -0.15) is 9.47 Å². The van der Waals surface area contributed by atoms with E-state index in [1.165, 1.54) is 12.5 Å². The van der Waals surface area contributed by atoms with Gasteiger partial charge in [-0.15, -0.1) is 0 Å². The Kier molecular flexibility index (Phi) is 4.12. The van der Waals surface area contributed by atoms with Crippen LogP contribution in [-0.4, -0.2) is 7.11 Å². The molecule has 42 valence electrons. The molecule has 0 saturated carbocycles. The van der Waals surface area contributed by atoms with E-state index in [2.05, 4.69) is 11.4 Å². The molecule has 0 aromatic heterocycles. The van der Waals surface area contributed by atoms with Gasteiger partial charge in [0.25, 0.3) is 0 Å². The molecule has 0 fully saturated rings. The van der Waals surface area contributed by atoms with E-state index in [0.717, 1.165) is 11.9 Å². The fraction of sp³-hybridized carbons (Fsp3) is 0.333. The third-order valence-electron chi connectivity index (χ3n) is 0.346. The Morgan fingerprint density at radius 3 is 2.71 bits per heavy atom. The standard InChI is InChI=1S/C3H7NO2S/c1-3-7-4(5)6-2/h3-4H,1H2,2H3. The summed E-state index contributed by atoms with van der Waals surface area (Å²) < 4.78 is -0.324. The summed E-state index contributed by atoms with van der Waals surface area (Å²) >= 11 is 0.934. The van der Waals surface area contributed by atoms with Crippen LogP contribution in [0.25, 0.3) is 0 Å². The quantitative estimate of drug-likeness (QED) is 0.412. The SMILES string of the molecule is C=CS[NH+]([O-])OC. The minimum absolute atomic E-state index is 0.324. The van der Waals surface area contributed by atoms with Crippen molar-refractivity contribution < 1.29 is 9.47 Å². The highest BCUT2D eigenvalue weighted by Gasteiger charge is 1.86. The zero-order valence-corrected chi connectivity index (χ0v) is 4.83. The van der Waals surface area contributed by atoms with Gasteiger partial charge in [0, 0.05) is 5.41 Å². The van der Waals surface area contributed by atoms with Crippen LogP contribution in [0.15, 0.2) is 12.0 Å². The molecule has 1 unspecified atom stereocenters. The molecule has 0 aliphatic heterocycles. The summed E-state index contributed by atoms with van der Waals surface area (Å²) in [7, 11) is 1.33. The molecular formula is C3H7NO2S. The molecule has 7 heavy (non-hydrogen) atoms. The highest BCUT2D eigenvalue weighted by Crippen LogP contribution is 1.80. The average molecular weight is 121 g/mol. The fourth-order valence-corrected chi connectivity index (χ4v) is 0.348. The summed E-state index contributed by atoms with van der Waals surface area (Å²) in [6.45, 7) is 3.31. The maximum atomic E-state index is 10.1. The smallest absolute Gasteiger partial charge is 0.138 e. The Morgan fingerprint density at radius 2 is 2.57 bits per heavy atom. The number of rotatable bonds is 3. The summed E-state index contributed by atoms with van der Waals surface area (Å²) in [6, 6.07) is 0. The van der Waals surface area contributed by atoms with E-state index in [-0.39, 0.29) is 4.63 Å². The third-order valence-corrected chi connectivity index (χ3v) is 0.872. The Hall–Kier alpha value is -0.0300. The Bertz CT molecular complexity index is 58.9. The molecule has 4 heteroatoms. The van der Waals surface area contributed by atoms with Crippen LogP contribution < -0.4 is 4.63 Å². The zero-order chi connectivity index (χ0) is 5.70. The van der Waals surface area contributed by atoms with Gasteiger partial charge in [-0.25, -0.2) is 0 Å². The average Bonchev–Trinajstić information content (AvgIpc) is 1.68. The summed E-state index contributed by atoms with van der Waals surface area (Å²) in [4.78, 5) is 4.24. The van der Waals surface area contributed by atoms with Crippen molar-refractivity contribution in [2.75, 3.05) is 7.11 Å². The van der Waals surface area contributed by atoms with Crippen molar-refractivity contribution in [1.82, 2.24) is 0 Å². The van der Waals surface area contributed by atoms with E-state index in [9.17, 15) is 5.21 Å². The van der Waals surface area contributed by atoms with Gasteiger partial charge in [-0.05, 0) is 0 Å². The van der Waals surface area contributed by atoms with Gasteiger partial charge in [0.05, 0.1) is 7.11 Å².